The van der Waals surface area contributed by atoms with Crippen molar-refractivity contribution in [1.29, 1.82) is 0 Å². The van der Waals surface area contributed by atoms with E-state index in [0.29, 0.717) is 0 Å². The number of hydrogen-bond acceptors (Lipinski definition) is 2. The molecule has 1 nitrogen and oxygen atoms in total. The third kappa shape index (κ3) is 5.55. The van der Waals surface area contributed by atoms with E-state index < -0.39 is 0 Å². The van der Waals surface area contributed by atoms with Gasteiger partial charge in [-0.1, -0.05) is 152 Å². The van der Waals surface area contributed by atoms with Crippen molar-refractivity contribution in [3.8, 4) is 44.9 Å². The van der Waals surface area contributed by atoms with Gasteiger partial charge in [0.15, 0.2) is 0 Å². The summed E-state index contributed by atoms with van der Waals surface area (Å²) in [4.78, 5) is 2.25. The Labute approximate surface area is 302 Å². The summed E-state index contributed by atoms with van der Waals surface area (Å²) in [6.45, 7) is 5.92. The number of allylic oxidation sites excluding steroid dienone is 3. The standard InChI is InChI=1S/C49H34OS/c1-3-5-13-32-20-21-34(28-33(32)12-4-2)35-22-25-38(44(29-35)37-24-27-47-49(31-37)51-48-19-11-10-18-46(48)50-47)36-23-26-43-41-16-7-6-14-39(41)40-15-8-9-17-42(40)45(43)30-36/h3-31H,1H2,2H3/b12-4-,13-5?. The summed E-state index contributed by atoms with van der Waals surface area (Å²) in [5.74, 6) is 1.80. The number of para-hydroxylation sites is 1. The summed E-state index contributed by atoms with van der Waals surface area (Å²) >= 11 is 1.77. The summed E-state index contributed by atoms with van der Waals surface area (Å²) in [6, 6.07) is 53.0. The molecule has 8 aromatic rings. The van der Waals surface area contributed by atoms with Gasteiger partial charge in [0.2, 0.25) is 0 Å². The van der Waals surface area contributed by atoms with Crippen molar-refractivity contribution >= 4 is 56.2 Å². The molecule has 0 unspecified atom stereocenters. The summed E-state index contributed by atoms with van der Waals surface area (Å²) in [5, 5.41) is 7.66. The lowest BCUT2D eigenvalue weighted by Gasteiger charge is -2.21. The molecule has 0 N–H and O–H groups in total. The molecule has 0 radical (unpaired) electrons. The third-order valence-electron chi connectivity index (χ3n) is 9.80. The fourth-order valence-electron chi connectivity index (χ4n) is 7.39. The first-order valence-corrected chi connectivity index (χ1v) is 18.1. The SMILES string of the molecule is C=CC=Cc1ccc(-c2ccc(-c3ccc4c5ccccc5c5ccccc5c4c3)c(-c3ccc4c(c3)Sc3ccccc3O4)c2)cc1/C=C\C. The molecule has 0 aliphatic carbocycles. The van der Waals surface area contributed by atoms with Crippen LogP contribution >= 0.6 is 11.8 Å². The highest BCUT2D eigenvalue weighted by atomic mass is 32.2. The maximum Gasteiger partial charge on any atom is 0.141 e. The smallest absolute Gasteiger partial charge is 0.141 e. The number of hydrogen-bond donors (Lipinski definition) is 0. The van der Waals surface area contributed by atoms with Gasteiger partial charge in [-0.15, -0.1) is 0 Å². The second kappa shape index (κ2) is 13.0. The lowest BCUT2D eigenvalue weighted by Crippen LogP contribution is -1.95. The van der Waals surface area contributed by atoms with Crippen LogP contribution in [0, 0.1) is 0 Å². The van der Waals surface area contributed by atoms with Gasteiger partial charge in [-0.2, -0.15) is 0 Å². The molecule has 0 fully saturated rings. The first kappa shape index (κ1) is 30.9. The number of fused-ring (bicyclic) bond motifs is 8. The van der Waals surface area contributed by atoms with E-state index in [-0.39, 0.29) is 0 Å². The highest BCUT2D eigenvalue weighted by molar-refractivity contribution is 7.99. The Bertz CT molecular complexity index is 2690. The van der Waals surface area contributed by atoms with Crippen molar-refractivity contribution < 1.29 is 4.74 Å². The second-order valence-corrected chi connectivity index (χ2v) is 13.9. The van der Waals surface area contributed by atoms with Crippen molar-refractivity contribution in [1.82, 2.24) is 0 Å². The number of benzene rings is 8. The van der Waals surface area contributed by atoms with E-state index in [1.807, 2.05) is 24.3 Å². The molecule has 9 rings (SSSR count). The number of rotatable bonds is 6. The average molecular weight is 671 g/mol. The maximum atomic E-state index is 6.34. The molecule has 0 saturated heterocycles. The Balaban J connectivity index is 1.25. The highest BCUT2D eigenvalue weighted by Gasteiger charge is 2.20. The fourth-order valence-corrected chi connectivity index (χ4v) is 8.38. The van der Waals surface area contributed by atoms with Crippen molar-refractivity contribution in [2.45, 2.75) is 16.7 Å². The molecular formula is C49H34OS. The topological polar surface area (TPSA) is 9.23 Å². The van der Waals surface area contributed by atoms with Gasteiger partial charge >= 0.3 is 0 Å². The molecule has 0 bridgehead atoms. The zero-order valence-electron chi connectivity index (χ0n) is 28.3. The van der Waals surface area contributed by atoms with Crippen LogP contribution in [-0.2, 0) is 0 Å². The zero-order valence-corrected chi connectivity index (χ0v) is 29.1. The van der Waals surface area contributed by atoms with Crippen LogP contribution in [0.5, 0.6) is 11.5 Å². The minimum atomic E-state index is 0.892. The minimum absolute atomic E-state index is 0.892. The average Bonchev–Trinajstić information content (AvgIpc) is 3.19. The van der Waals surface area contributed by atoms with Gasteiger partial charge in [0.1, 0.15) is 11.5 Å². The van der Waals surface area contributed by atoms with Crippen LogP contribution in [0.4, 0.5) is 0 Å². The van der Waals surface area contributed by atoms with Gasteiger partial charge < -0.3 is 4.74 Å². The van der Waals surface area contributed by atoms with Crippen LogP contribution in [0.15, 0.2) is 180 Å². The van der Waals surface area contributed by atoms with Gasteiger partial charge in [0, 0.05) is 0 Å². The first-order chi connectivity index (χ1) is 25.2. The molecular weight excluding hydrogens is 637 g/mol. The molecule has 1 aliphatic rings. The normalized spacial score (nSPS) is 12.4. The molecule has 2 heteroatoms. The van der Waals surface area contributed by atoms with Crippen molar-refractivity contribution in [3.05, 3.63) is 182 Å². The molecule has 0 aromatic heterocycles. The lowest BCUT2D eigenvalue weighted by atomic mass is 9.88. The van der Waals surface area contributed by atoms with Gasteiger partial charge in [0.05, 0.1) is 9.79 Å². The Morgan fingerprint density at radius 2 is 1.08 bits per heavy atom. The Hall–Kier alpha value is -6.09. The van der Waals surface area contributed by atoms with Crippen molar-refractivity contribution in [3.63, 3.8) is 0 Å². The molecule has 242 valence electrons. The summed E-state index contributed by atoms with van der Waals surface area (Å²) in [7, 11) is 0. The van der Waals surface area contributed by atoms with Crippen LogP contribution in [0.2, 0.25) is 0 Å². The lowest BCUT2D eigenvalue weighted by molar-refractivity contribution is 0.454. The Kier molecular flexibility index (Phi) is 7.87. The van der Waals surface area contributed by atoms with E-state index in [0.717, 1.165) is 32.4 Å². The molecule has 0 amide bonds. The first-order valence-electron chi connectivity index (χ1n) is 17.3. The van der Waals surface area contributed by atoms with E-state index >= 15 is 0 Å². The van der Waals surface area contributed by atoms with E-state index in [1.54, 1.807) is 11.8 Å². The molecule has 1 aliphatic heterocycles. The van der Waals surface area contributed by atoms with Gasteiger partial charge in [-0.3, -0.25) is 0 Å². The van der Waals surface area contributed by atoms with Crippen LogP contribution in [0.3, 0.4) is 0 Å². The van der Waals surface area contributed by atoms with Crippen LogP contribution < -0.4 is 4.74 Å². The molecule has 51 heavy (non-hydrogen) atoms. The molecule has 1 heterocycles. The predicted molar refractivity (Wildman–Crippen MR) is 220 cm³/mol. The number of ether oxygens (including phenoxy) is 1. The zero-order chi connectivity index (χ0) is 34.3. The summed E-state index contributed by atoms with van der Waals surface area (Å²) in [6.07, 6.45) is 10.2. The highest BCUT2D eigenvalue weighted by Crippen LogP contribution is 2.49. The monoisotopic (exact) mass is 670 g/mol. The van der Waals surface area contributed by atoms with E-state index in [1.165, 1.54) is 65.7 Å². The molecule has 8 aromatic carbocycles. The van der Waals surface area contributed by atoms with E-state index in [4.69, 9.17) is 4.74 Å². The largest absolute Gasteiger partial charge is 0.455 e. The quantitative estimate of drug-likeness (QED) is 0.129. The van der Waals surface area contributed by atoms with Gasteiger partial charge in [-0.25, -0.2) is 0 Å². The molecule has 0 spiro atoms. The second-order valence-electron chi connectivity index (χ2n) is 12.9. The summed E-state index contributed by atoms with van der Waals surface area (Å²) < 4.78 is 6.34. The Morgan fingerprint density at radius 3 is 1.84 bits per heavy atom. The van der Waals surface area contributed by atoms with Crippen molar-refractivity contribution in [2.24, 2.45) is 0 Å². The maximum absolute atomic E-state index is 6.34. The molecule has 0 atom stereocenters. The van der Waals surface area contributed by atoms with Crippen LogP contribution in [0.25, 0.3) is 77.9 Å². The third-order valence-corrected chi connectivity index (χ3v) is 10.9. The van der Waals surface area contributed by atoms with Crippen LogP contribution in [-0.4, -0.2) is 0 Å². The van der Waals surface area contributed by atoms with E-state index in [9.17, 15) is 0 Å². The fraction of sp³-hybridized carbons (Fsp3) is 0.0204. The van der Waals surface area contributed by atoms with E-state index in [2.05, 4.69) is 165 Å². The summed E-state index contributed by atoms with van der Waals surface area (Å²) in [5.41, 5.74) is 9.40. The van der Waals surface area contributed by atoms with Crippen LogP contribution in [0.1, 0.15) is 18.1 Å². The van der Waals surface area contributed by atoms with Gasteiger partial charge in [-0.05, 0) is 126 Å². The Morgan fingerprint density at radius 1 is 0.471 bits per heavy atom. The molecule has 0 saturated carbocycles. The predicted octanol–water partition coefficient (Wildman–Crippen LogP) is 14.6. The van der Waals surface area contributed by atoms with Gasteiger partial charge in [0.25, 0.3) is 0 Å². The van der Waals surface area contributed by atoms with Crippen molar-refractivity contribution in [2.75, 3.05) is 0 Å². The minimum Gasteiger partial charge on any atom is -0.455 e.